The Hall–Kier alpha value is -1.44. The molecule has 0 aliphatic carbocycles. The lowest BCUT2D eigenvalue weighted by molar-refractivity contribution is -0.384. The Kier molecular flexibility index (Phi) is 3.65. The van der Waals surface area contributed by atoms with E-state index in [0.717, 1.165) is 11.8 Å². The van der Waals surface area contributed by atoms with E-state index in [2.05, 4.69) is 5.32 Å². The summed E-state index contributed by atoms with van der Waals surface area (Å²) in [5, 5.41) is 13.1. The van der Waals surface area contributed by atoms with Gasteiger partial charge in [0, 0.05) is 6.07 Å². The van der Waals surface area contributed by atoms with Gasteiger partial charge in [-0.3, -0.25) is 14.9 Å². The van der Waals surface area contributed by atoms with E-state index in [1.54, 1.807) is 6.08 Å². The molecule has 1 aliphatic rings. The minimum Gasteiger partial charge on any atom is -0.307 e. The first-order valence-corrected chi connectivity index (χ1v) is 6.26. The molecule has 1 heterocycles. The maximum absolute atomic E-state index is 11.4. The van der Waals surface area contributed by atoms with Crippen molar-refractivity contribution >= 4 is 57.6 Å². The van der Waals surface area contributed by atoms with Crippen LogP contribution in [0.4, 0.5) is 5.69 Å². The lowest BCUT2D eigenvalue weighted by Crippen LogP contribution is -2.17. The van der Waals surface area contributed by atoms with Crippen molar-refractivity contribution in [2.75, 3.05) is 0 Å². The van der Waals surface area contributed by atoms with Crippen molar-refractivity contribution in [1.82, 2.24) is 5.32 Å². The van der Waals surface area contributed by atoms with E-state index in [-0.39, 0.29) is 16.6 Å². The van der Waals surface area contributed by atoms with Gasteiger partial charge in [0.1, 0.15) is 9.34 Å². The van der Waals surface area contributed by atoms with Crippen LogP contribution in [0.3, 0.4) is 0 Å². The van der Waals surface area contributed by atoms with Crippen LogP contribution in [-0.4, -0.2) is 15.2 Å². The molecule has 1 aromatic rings. The third kappa shape index (κ3) is 2.69. The molecule has 0 spiro atoms. The van der Waals surface area contributed by atoms with E-state index in [1.165, 1.54) is 18.2 Å². The number of thiocarbonyl (C=S) groups is 1. The zero-order valence-electron chi connectivity index (χ0n) is 8.68. The summed E-state index contributed by atoms with van der Waals surface area (Å²) in [5.74, 6) is -0.278. The second-order valence-corrected chi connectivity index (χ2v) is 5.45. The minimum absolute atomic E-state index is 0.0281. The number of carbonyl (C=O) groups excluding carboxylic acids is 1. The number of nitro groups is 1. The molecular formula is C10H5ClN2O3S2. The summed E-state index contributed by atoms with van der Waals surface area (Å²) in [6.07, 6.45) is 1.58. The highest BCUT2D eigenvalue weighted by atomic mass is 35.5. The van der Waals surface area contributed by atoms with Crippen molar-refractivity contribution in [3.05, 3.63) is 43.8 Å². The van der Waals surface area contributed by atoms with Gasteiger partial charge < -0.3 is 5.32 Å². The Morgan fingerprint density at radius 1 is 1.50 bits per heavy atom. The molecule has 2 rings (SSSR count). The number of halogens is 1. The molecule has 8 heteroatoms. The van der Waals surface area contributed by atoms with Crippen molar-refractivity contribution in [3.63, 3.8) is 0 Å². The van der Waals surface area contributed by atoms with Gasteiger partial charge in [0.05, 0.1) is 9.83 Å². The summed E-state index contributed by atoms with van der Waals surface area (Å²) in [6.45, 7) is 0. The number of benzene rings is 1. The van der Waals surface area contributed by atoms with Gasteiger partial charge in [0.15, 0.2) is 0 Å². The molecule has 0 unspecified atom stereocenters. The van der Waals surface area contributed by atoms with Crippen molar-refractivity contribution in [1.29, 1.82) is 0 Å². The molecule has 1 aliphatic heterocycles. The van der Waals surface area contributed by atoms with Crippen LogP contribution in [0.1, 0.15) is 5.56 Å². The third-order valence-corrected chi connectivity index (χ3v) is 3.57. The summed E-state index contributed by atoms with van der Waals surface area (Å²) in [5.41, 5.74) is 0.436. The lowest BCUT2D eigenvalue weighted by atomic mass is 10.2. The van der Waals surface area contributed by atoms with Gasteiger partial charge in [-0.15, -0.1) is 0 Å². The van der Waals surface area contributed by atoms with Gasteiger partial charge in [-0.1, -0.05) is 35.6 Å². The van der Waals surface area contributed by atoms with Crippen LogP contribution in [0.5, 0.6) is 0 Å². The number of nitrogens with zero attached hydrogens (tertiary/aromatic N) is 1. The first-order chi connectivity index (χ1) is 8.47. The van der Waals surface area contributed by atoms with Crippen LogP contribution in [-0.2, 0) is 4.79 Å². The highest BCUT2D eigenvalue weighted by molar-refractivity contribution is 8.26. The van der Waals surface area contributed by atoms with Crippen LogP contribution in [0, 0.1) is 10.1 Å². The highest BCUT2D eigenvalue weighted by Gasteiger charge is 2.22. The Bertz CT molecular complexity index is 601. The molecule has 0 saturated carbocycles. The van der Waals surface area contributed by atoms with Crippen LogP contribution in [0.15, 0.2) is 23.1 Å². The zero-order valence-corrected chi connectivity index (χ0v) is 11.1. The van der Waals surface area contributed by atoms with E-state index in [1.807, 2.05) is 0 Å². The summed E-state index contributed by atoms with van der Waals surface area (Å²) in [7, 11) is 0. The number of rotatable bonds is 2. The van der Waals surface area contributed by atoms with Gasteiger partial charge in [0.2, 0.25) is 0 Å². The average Bonchev–Trinajstić information content (AvgIpc) is 2.57. The molecule has 1 fully saturated rings. The van der Waals surface area contributed by atoms with Crippen LogP contribution in [0.25, 0.3) is 6.08 Å². The normalized spacial score (nSPS) is 17.1. The Labute approximate surface area is 116 Å². The molecule has 1 amide bonds. The smallest absolute Gasteiger partial charge is 0.287 e. The Morgan fingerprint density at radius 2 is 2.22 bits per heavy atom. The van der Waals surface area contributed by atoms with Crippen LogP contribution < -0.4 is 5.32 Å². The molecular weight excluding hydrogens is 296 g/mol. The van der Waals surface area contributed by atoms with Gasteiger partial charge in [-0.05, 0) is 23.8 Å². The second-order valence-electron chi connectivity index (χ2n) is 3.32. The first-order valence-electron chi connectivity index (χ1n) is 4.66. The quantitative estimate of drug-likeness (QED) is 0.393. The first kappa shape index (κ1) is 13.0. The zero-order chi connectivity index (χ0) is 13.3. The molecule has 92 valence electrons. The number of nitro benzene ring substituents is 1. The molecule has 18 heavy (non-hydrogen) atoms. The predicted octanol–water partition coefficient (Wildman–Crippen LogP) is 2.74. The summed E-state index contributed by atoms with van der Waals surface area (Å²) in [6, 6.07) is 4.25. The Balaban J connectivity index is 2.33. The molecule has 0 aromatic heterocycles. The predicted molar refractivity (Wildman–Crippen MR) is 74.4 cm³/mol. The van der Waals surface area contributed by atoms with E-state index in [0.29, 0.717) is 14.8 Å². The van der Waals surface area contributed by atoms with E-state index < -0.39 is 4.92 Å². The fourth-order valence-corrected chi connectivity index (χ4v) is 2.64. The van der Waals surface area contributed by atoms with E-state index >= 15 is 0 Å². The van der Waals surface area contributed by atoms with Gasteiger partial charge in [0.25, 0.3) is 11.6 Å². The number of carbonyl (C=O) groups is 1. The standard InChI is InChI=1S/C10H5ClN2O3S2/c11-6-3-5(1-2-7(6)13(15)16)4-8-9(14)12-10(17)18-8/h1-4H,(H,12,14,17). The highest BCUT2D eigenvalue weighted by Crippen LogP contribution is 2.29. The fraction of sp³-hybridized carbons (Fsp3) is 0. The SMILES string of the molecule is O=C1NC(=S)SC1=Cc1ccc([N+](=O)[O-])c(Cl)c1. The molecule has 1 N–H and O–H groups in total. The van der Waals surface area contributed by atoms with E-state index in [9.17, 15) is 14.9 Å². The largest absolute Gasteiger partial charge is 0.307 e. The summed E-state index contributed by atoms with van der Waals surface area (Å²) >= 11 is 11.8. The van der Waals surface area contributed by atoms with Gasteiger partial charge >= 0.3 is 0 Å². The Morgan fingerprint density at radius 3 is 2.72 bits per heavy atom. The van der Waals surface area contributed by atoms with Crippen molar-refractivity contribution in [2.45, 2.75) is 0 Å². The maximum Gasteiger partial charge on any atom is 0.287 e. The molecule has 5 nitrogen and oxygen atoms in total. The monoisotopic (exact) mass is 300 g/mol. The van der Waals surface area contributed by atoms with Crippen molar-refractivity contribution in [2.24, 2.45) is 0 Å². The van der Waals surface area contributed by atoms with Crippen LogP contribution in [0.2, 0.25) is 5.02 Å². The number of nitrogens with one attached hydrogen (secondary N) is 1. The molecule has 0 atom stereocenters. The fourth-order valence-electron chi connectivity index (χ4n) is 1.33. The summed E-state index contributed by atoms with van der Waals surface area (Å²) < 4.78 is 0.388. The molecule has 1 aromatic carbocycles. The van der Waals surface area contributed by atoms with Gasteiger partial charge in [-0.25, -0.2) is 0 Å². The van der Waals surface area contributed by atoms with Crippen LogP contribution >= 0.6 is 35.6 Å². The average molecular weight is 301 g/mol. The van der Waals surface area contributed by atoms with Crippen molar-refractivity contribution < 1.29 is 9.72 Å². The van der Waals surface area contributed by atoms with E-state index in [4.69, 9.17) is 23.8 Å². The third-order valence-electron chi connectivity index (χ3n) is 2.11. The topological polar surface area (TPSA) is 72.2 Å². The molecule has 0 radical (unpaired) electrons. The second kappa shape index (κ2) is 5.05. The number of thioether (sulfide) groups is 1. The number of hydrogen-bond acceptors (Lipinski definition) is 5. The number of amides is 1. The lowest BCUT2D eigenvalue weighted by Gasteiger charge is -1.98. The molecule has 1 saturated heterocycles. The minimum atomic E-state index is -0.564. The van der Waals surface area contributed by atoms with Crippen molar-refractivity contribution in [3.8, 4) is 0 Å². The summed E-state index contributed by atoms with van der Waals surface area (Å²) in [4.78, 5) is 21.9. The van der Waals surface area contributed by atoms with Gasteiger partial charge in [-0.2, -0.15) is 0 Å². The molecule has 0 bridgehead atoms. The number of hydrogen-bond donors (Lipinski definition) is 1. The maximum atomic E-state index is 11.4.